The van der Waals surface area contributed by atoms with E-state index in [1.165, 1.54) is 0 Å². The lowest BCUT2D eigenvalue weighted by Gasteiger charge is -2.25. The Balaban J connectivity index is 1.39. The highest BCUT2D eigenvalue weighted by Gasteiger charge is 2.30. The number of amides is 2. The summed E-state index contributed by atoms with van der Waals surface area (Å²) in [7, 11) is 0. The van der Waals surface area contributed by atoms with Gasteiger partial charge >= 0.3 is 5.97 Å². The largest absolute Gasteiger partial charge is 0.478 e. The van der Waals surface area contributed by atoms with Crippen molar-refractivity contribution in [3.63, 3.8) is 0 Å². The van der Waals surface area contributed by atoms with Gasteiger partial charge in [-0.15, -0.1) is 0 Å². The Hall–Kier alpha value is -3.35. The molecule has 1 atom stereocenters. The van der Waals surface area contributed by atoms with Crippen molar-refractivity contribution in [2.75, 3.05) is 18.5 Å². The first-order valence-corrected chi connectivity index (χ1v) is 9.06. The number of hydrogen-bond acceptors (Lipinski definition) is 5. The van der Waals surface area contributed by atoms with Crippen molar-refractivity contribution < 1.29 is 23.9 Å². The van der Waals surface area contributed by atoms with Crippen LogP contribution in [0.2, 0.25) is 0 Å². The fraction of sp³-hybridized carbons (Fsp3) is 0.286. The summed E-state index contributed by atoms with van der Waals surface area (Å²) in [6.07, 6.45) is -0.551. The van der Waals surface area contributed by atoms with Crippen molar-refractivity contribution in [2.45, 2.75) is 25.9 Å². The molecule has 7 heteroatoms. The number of ether oxygens (including phenoxy) is 2. The van der Waals surface area contributed by atoms with Crippen LogP contribution in [0.1, 0.15) is 17.5 Å². The molecule has 0 aliphatic carbocycles. The van der Waals surface area contributed by atoms with E-state index in [2.05, 4.69) is 10.6 Å². The minimum atomic E-state index is -0.980. The molecule has 2 aromatic carbocycles. The highest BCUT2D eigenvalue weighted by Crippen LogP contribution is 2.29. The fourth-order valence-corrected chi connectivity index (χ4v) is 2.86. The molecule has 0 aromatic heterocycles. The van der Waals surface area contributed by atoms with Crippen LogP contribution in [0.15, 0.2) is 48.5 Å². The number of carbonyl (C=O) groups excluding carboxylic acids is 3. The van der Waals surface area contributed by atoms with E-state index in [0.717, 1.165) is 11.1 Å². The second-order valence-electron chi connectivity index (χ2n) is 6.48. The van der Waals surface area contributed by atoms with Crippen molar-refractivity contribution in [1.29, 1.82) is 0 Å². The predicted octanol–water partition coefficient (Wildman–Crippen LogP) is 1.99. The molecule has 0 bridgehead atoms. The van der Waals surface area contributed by atoms with E-state index in [1.54, 1.807) is 24.3 Å². The maximum atomic E-state index is 12.0. The van der Waals surface area contributed by atoms with E-state index in [4.69, 9.17) is 9.47 Å². The van der Waals surface area contributed by atoms with Crippen LogP contribution in [0.25, 0.3) is 0 Å². The third-order valence-corrected chi connectivity index (χ3v) is 4.40. The van der Waals surface area contributed by atoms with E-state index in [9.17, 15) is 14.4 Å². The van der Waals surface area contributed by atoms with Gasteiger partial charge in [-0.25, -0.2) is 0 Å². The molecule has 0 unspecified atom stereocenters. The Morgan fingerprint density at radius 2 is 1.89 bits per heavy atom. The zero-order valence-electron chi connectivity index (χ0n) is 15.6. The normalized spacial score (nSPS) is 15.0. The lowest BCUT2D eigenvalue weighted by molar-refractivity contribution is -0.151. The minimum Gasteiger partial charge on any atom is -0.478 e. The molecule has 28 heavy (non-hydrogen) atoms. The first-order valence-electron chi connectivity index (χ1n) is 9.06. The van der Waals surface area contributed by atoms with Crippen molar-refractivity contribution in [1.82, 2.24) is 5.32 Å². The van der Waals surface area contributed by atoms with Crippen LogP contribution >= 0.6 is 0 Å². The molecule has 0 radical (unpaired) electrons. The number of nitrogens with one attached hydrogen (secondary N) is 2. The Morgan fingerprint density at radius 3 is 2.71 bits per heavy atom. The van der Waals surface area contributed by atoms with Crippen LogP contribution < -0.4 is 15.4 Å². The van der Waals surface area contributed by atoms with Crippen LogP contribution in [0, 0.1) is 6.92 Å². The molecule has 3 rings (SSSR count). The van der Waals surface area contributed by atoms with Gasteiger partial charge < -0.3 is 20.1 Å². The van der Waals surface area contributed by atoms with Crippen molar-refractivity contribution in [3.05, 3.63) is 59.7 Å². The van der Waals surface area contributed by atoms with E-state index < -0.39 is 24.6 Å². The standard InChI is InChI=1S/C21H22N2O5/c1-14-6-2-3-7-15(14)10-11-22-19(24)13-27-20(25)12-18-21(26)23-16-8-4-5-9-17(16)28-18/h2-9,18H,10-13H2,1H3,(H,22,24)(H,23,26)/t18-/m0/s1. The van der Waals surface area contributed by atoms with Gasteiger partial charge in [-0.1, -0.05) is 36.4 Å². The summed E-state index contributed by atoms with van der Waals surface area (Å²) in [5.74, 6) is -0.984. The van der Waals surface area contributed by atoms with Crippen LogP contribution in [0.3, 0.4) is 0 Å². The average Bonchev–Trinajstić information content (AvgIpc) is 2.68. The fourth-order valence-electron chi connectivity index (χ4n) is 2.86. The summed E-state index contributed by atoms with van der Waals surface area (Å²) >= 11 is 0. The number of fused-ring (bicyclic) bond motifs is 1. The van der Waals surface area contributed by atoms with Gasteiger partial charge in [-0.2, -0.15) is 0 Å². The maximum Gasteiger partial charge on any atom is 0.310 e. The van der Waals surface area contributed by atoms with Crippen LogP contribution in [-0.2, 0) is 25.5 Å². The van der Waals surface area contributed by atoms with Gasteiger partial charge in [0.05, 0.1) is 12.1 Å². The van der Waals surface area contributed by atoms with Gasteiger partial charge in [-0.3, -0.25) is 14.4 Å². The molecule has 0 spiro atoms. The number of anilines is 1. The summed E-state index contributed by atoms with van der Waals surface area (Å²) in [4.78, 5) is 35.8. The molecule has 1 aliphatic rings. The molecule has 0 saturated heterocycles. The SMILES string of the molecule is Cc1ccccc1CCNC(=O)COC(=O)C[C@@H]1Oc2ccccc2NC1=O. The third kappa shape index (κ3) is 5.09. The third-order valence-electron chi connectivity index (χ3n) is 4.40. The van der Waals surface area contributed by atoms with E-state index in [-0.39, 0.29) is 12.3 Å². The van der Waals surface area contributed by atoms with Gasteiger partial charge in [0.2, 0.25) is 0 Å². The van der Waals surface area contributed by atoms with Crippen molar-refractivity contribution in [2.24, 2.45) is 0 Å². The lowest BCUT2D eigenvalue weighted by atomic mass is 10.1. The van der Waals surface area contributed by atoms with Crippen molar-refractivity contribution in [3.8, 4) is 5.75 Å². The number of rotatable bonds is 7. The molecular weight excluding hydrogens is 360 g/mol. The molecule has 2 aromatic rings. The molecule has 7 nitrogen and oxygen atoms in total. The summed E-state index contributed by atoms with van der Waals surface area (Å²) in [5.41, 5.74) is 2.88. The average molecular weight is 382 g/mol. The van der Waals surface area contributed by atoms with Gasteiger partial charge in [0.15, 0.2) is 12.7 Å². The van der Waals surface area contributed by atoms with Crippen LogP contribution in [-0.4, -0.2) is 37.0 Å². The van der Waals surface area contributed by atoms with Gasteiger partial charge in [0.1, 0.15) is 5.75 Å². The molecule has 2 N–H and O–H groups in total. The van der Waals surface area contributed by atoms with Gasteiger partial charge in [0, 0.05) is 6.54 Å². The van der Waals surface area contributed by atoms with Crippen LogP contribution in [0.4, 0.5) is 5.69 Å². The monoisotopic (exact) mass is 382 g/mol. The second kappa shape index (κ2) is 9.03. The quantitative estimate of drug-likeness (QED) is 0.715. The highest BCUT2D eigenvalue weighted by molar-refractivity contribution is 5.99. The highest BCUT2D eigenvalue weighted by atomic mass is 16.5. The zero-order valence-corrected chi connectivity index (χ0v) is 15.6. The Bertz CT molecular complexity index is 881. The topological polar surface area (TPSA) is 93.7 Å². The summed E-state index contributed by atoms with van der Waals surface area (Å²) < 4.78 is 10.5. The second-order valence-corrected chi connectivity index (χ2v) is 6.48. The van der Waals surface area contributed by atoms with E-state index in [0.29, 0.717) is 24.4 Å². The molecule has 0 fully saturated rings. The Kier molecular flexibility index (Phi) is 6.26. The summed E-state index contributed by atoms with van der Waals surface area (Å²) in [5, 5.41) is 5.39. The summed E-state index contributed by atoms with van der Waals surface area (Å²) in [6.45, 7) is 2.07. The number of carbonyl (C=O) groups is 3. The first kappa shape index (κ1) is 19.4. The predicted molar refractivity (Wildman–Crippen MR) is 103 cm³/mol. The molecule has 0 saturated carbocycles. The number of benzene rings is 2. The lowest BCUT2D eigenvalue weighted by Crippen LogP contribution is -2.39. The zero-order chi connectivity index (χ0) is 19.9. The van der Waals surface area contributed by atoms with E-state index in [1.807, 2.05) is 31.2 Å². The smallest absolute Gasteiger partial charge is 0.310 e. The molecule has 1 heterocycles. The maximum absolute atomic E-state index is 12.0. The minimum absolute atomic E-state index is 0.267. The number of esters is 1. The molecular formula is C21H22N2O5. The number of aryl methyl sites for hydroxylation is 1. The number of para-hydroxylation sites is 2. The molecule has 146 valence electrons. The van der Waals surface area contributed by atoms with Crippen molar-refractivity contribution >= 4 is 23.5 Å². The Morgan fingerprint density at radius 1 is 1.14 bits per heavy atom. The van der Waals surface area contributed by atoms with E-state index >= 15 is 0 Å². The van der Waals surface area contributed by atoms with Gasteiger partial charge in [-0.05, 0) is 36.6 Å². The van der Waals surface area contributed by atoms with Gasteiger partial charge in [0.25, 0.3) is 11.8 Å². The Labute approximate surface area is 163 Å². The van der Waals surface area contributed by atoms with Crippen LogP contribution in [0.5, 0.6) is 5.75 Å². The number of hydrogen-bond donors (Lipinski definition) is 2. The molecule has 1 aliphatic heterocycles. The molecule has 2 amide bonds. The summed E-state index contributed by atoms with van der Waals surface area (Å²) in [6, 6.07) is 14.9. The first-order chi connectivity index (χ1) is 13.5.